The van der Waals surface area contributed by atoms with Crippen LogP contribution in [0.25, 0.3) is 0 Å². The summed E-state index contributed by atoms with van der Waals surface area (Å²) in [6.45, 7) is 9.49. The van der Waals surface area contributed by atoms with Gasteiger partial charge in [0.05, 0.1) is 25.5 Å². The molecule has 2 aromatic heterocycles. The Labute approximate surface area is 240 Å². The Morgan fingerprint density at radius 3 is 2.39 bits per heavy atom. The highest BCUT2D eigenvalue weighted by molar-refractivity contribution is 6.10. The standard InChI is InChI=1S/C31H34N8O2/c1-21-5-4-6-22(2)28(21)38-20-24-17-34-30(35-25-9-7-23(8-10-25)19-37-15-13-32-14-16-37)36-29(24)39(31(38)40)27-12-11-26(41-3)18-33-27/h4-12,17-18,32H,13-16,19-20H2,1-3H3,(H,34,35,36). The van der Waals surface area contributed by atoms with Crippen LogP contribution in [-0.4, -0.2) is 59.2 Å². The van der Waals surface area contributed by atoms with Crippen LogP contribution in [0.2, 0.25) is 0 Å². The topological polar surface area (TPSA) is 98.8 Å². The molecule has 10 heteroatoms. The number of methoxy groups -OCH3 is 1. The van der Waals surface area contributed by atoms with Crippen molar-refractivity contribution in [2.24, 2.45) is 0 Å². The van der Waals surface area contributed by atoms with Gasteiger partial charge in [0, 0.05) is 50.2 Å². The van der Waals surface area contributed by atoms with Crippen molar-refractivity contribution in [1.82, 2.24) is 25.2 Å². The molecule has 1 fully saturated rings. The van der Waals surface area contributed by atoms with Crippen LogP contribution in [0.1, 0.15) is 22.3 Å². The molecule has 0 unspecified atom stereocenters. The van der Waals surface area contributed by atoms with Crippen molar-refractivity contribution in [3.05, 3.63) is 89.2 Å². The molecule has 2 aliphatic rings. The van der Waals surface area contributed by atoms with Gasteiger partial charge in [-0.3, -0.25) is 9.80 Å². The molecule has 0 saturated carbocycles. The number of pyridine rings is 1. The molecular formula is C31H34N8O2. The molecule has 10 nitrogen and oxygen atoms in total. The van der Waals surface area contributed by atoms with Gasteiger partial charge in [0.25, 0.3) is 0 Å². The van der Waals surface area contributed by atoms with Gasteiger partial charge in [0.1, 0.15) is 11.6 Å². The van der Waals surface area contributed by atoms with Crippen molar-refractivity contribution in [2.75, 3.05) is 48.4 Å². The molecule has 0 bridgehead atoms. The van der Waals surface area contributed by atoms with E-state index in [4.69, 9.17) is 9.72 Å². The van der Waals surface area contributed by atoms with E-state index in [9.17, 15) is 4.79 Å². The first kappa shape index (κ1) is 26.7. The monoisotopic (exact) mass is 550 g/mol. The summed E-state index contributed by atoms with van der Waals surface area (Å²) in [7, 11) is 1.59. The smallest absolute Gasteiger partial charge is 0.336 e. The molecule has 6 rings (SSSR count). The largest absolute Gasteiger partial charge is 0.495 e. The lowest BCUT2D eigenvalue weighted by atomic mass is 10.1. The highest BCUT2D eigenvalue weighted by atomic mass is 16.5. The summed E-state index contributed by atoms with van der Waals surface area (Å²) in [5.74, 6) is 1.97. The molecule has 4 heterocycles. The number of aryl methyl sites for hydroxylation is 2. The van der Waals surface area contributed by atoms with Gasteiger partial charge in [-0.15, -0.1) is 0 Å². The second kappa shape index (κ2) is 11.5. The van der Waals surface area contributed by atoms with Crippen molar-refractivity contribution in [2.45, 2.75) is 26.9 Å². The normalized spacial score (nSPS) is 15.5. The van der Waals surface area contributed by atoms with Crippen LogP contribution >= 0.6 is 0 Å². The second-order valence-corrected chi connectivity index (χ2v) is 10.4. The zero-order valence-electron chi connectivity index (χ0n) is 23.6. The summed E-state index contributed by atoms with van der Waals surface area (Å²) in [5, 5.41) is 6.71. The van der Waals surface area contributed by atoms with Gasteiger partial charge >= 0.3 is 6.03 Å². The molecule has 2 N–H and O–H groups in total. The molecular weight excluding hydrogens is 516 g/mol. The number of rotatable bonds is 7. The average Bonchev–Trinajstić information content (AvgIpc) is 2.99. The van der Waals surface area contributed by atoms with Crippen molar-refractivity contribution in [3.8, 4) is 5.75 Å². The van der Waals surface area contributed by atoms with E-state index in [1.54, 1.807) is 41.4 Å². The van der Waals surface area contributed by atoms with Gasteiger partial charge in [0.15, 0.2) is 5.82 Å². The van der Waals surface area contributed by atoms with Crippen LogP contribution in [0.5, 0.6) is 5.75 Å². The number of hydrogen-bond acceptors (Lipinski definition) is 8. The van der Waals surface area contributed by atoms with Crippen LogP contribution < -0.4 is 25.2 Å². The maximum absolute atomic E-state index is 14.1. The Kier molecular flexibility index (Phi) is 7.49. The average molecular weight is 551 g/mol. The third-order valence-corrected chi connectivity index (χ3v) is 7.52. The van der Waals surface area contributed by atoms with Gasteiger partial charge in [-0.2, -0.15) is 4.98 Å². The molecule has 41 heavy (non-hydrogen) atoms. The number of hydrogen-bond donors (Lipinski definition) is 2. The molecule has 2 amide bonds. The fourth-order valence-electron chi connectivity index (χ4n) is 5.40. The number of anilines is 5. The van der Waals surface area contributed by atoms with Crippen LogP contribution in [-0.2, 0) is 13.1 Å². The summed E-state index contributed by atoms with van der Waals surface area (Å²) in [6, 6.07) is 17.7. The number of benzene rings is 2. The number of nitrogens with one attached hydrogen (secondary N) is 2. The minimum atomic E-state index is -0.227. The summed E-state index contributed by atoms with van der Waals surface area (Å²) in [5.41, 5.74) is 5.87. The van der Waals surface area contributed by atoms with Gasteiger partial charge in [0.2, 0.25) is 5.95 Å². The Morgan fingerprint density at radius 2 is 1.71 bits per heavy atom. The van der Waals surface area contributed by atoms with E-state index in [0.717, 1.165) is 60.8 Å². The van der Waals surface area contributed by atoms with Gasteiger partial charge in [-0.25, -0.2) is 19.7 Å². The SMILES string of the molecule is COc1ccc(N2C(=O)N(c3c(C)cccc3C)Cc3cnc(Nc4ccc(CN5CCNCC5)cc4)nc32)nc1. The highest BCUT2D eigenvalue weighted by Crippen LogP contribution is 2.38. The number of fused-ring (bicyclic) bond motifs is 1. The number of amides is 2. The summed E-state index contributed by atoms with van der Waals surface area (Å²) >= 11 is 0. The first-order chi connectivity index (χ1) is 20.0. The van der Waals surface area contributed by atoms with Gasteiger partial charge in [-0.1, -0.05) is 30.3 Å². The maximum atomic E-state index is 14.1. The molecule has 0 spiro atoms. The van der Waals surface area contributed by atoms with Crippen molar-refractivity contribution < 1.29 is 9.53 Å². The number of carbonyl (C=O) groups is 1. The third kappa shape index (κ3) is 5.57. The van der Waals surface area contributed by atoms with Crippen LogP contribution in [0.3, 0.4) is 0 Å². The van der Waals surface area contributed by atoms with E-state index in [0.29, 0.717) is 29.9 Å². The molecule has 0 atom stereocenters. The molecule has 2 aliphatic heterocycles. The summed E-state index contributed by atoms with van der Waals surface area (Å²) < 4.78 is 5.29. The number of piperazine rings is 1. The lowest BCUT2D eigenvalue weighted by Crippen LogP contribution is -2.46. The van der Waals surface area contributed by atoms with E-state index in [1.165, 1.54) is 5.56 Å². The Balaban J connectivity index is 1.31. The van der Waals surface area contributed by atoms with E-state index in [-0.39, 0.29) is 6.03 Å². The fraction of sp³-hybridized carbons (Fsp3) is 0.290. The number of urea groups is 1. The lowest BCUT2D eigenvalue weighted by Gasteiger charge is -2.36. The Morgan fingerprint density at radius 1 is 0.951 bits per heavy atom. The zero-order valence-corrected chi connectivity index (χ0v) is 23.6. The van der Waals surface area contributed by atoms with Crippen LogP contribution in [0.4, 0.5) is 33.8 Å². The fourth-order valence-corrected chi connectivity index (χ4v) is 5.40. The predicted octanol–water partition coefficient (Wildman–Crippen LogP) is 4.92. The highest BCUT2D eigenvalue weighted by Gasteiger charge is 2.36. The first-order valence-electron chi connectivity index (χ1n) is 13.8. The molecule has 1 saturated heterocycles. The minimum Gasteiger partial charge on any atom is -0.495 e. The van der Waals surface area contributed by atoms with Crippen molar-refractivity contribution in [1.29, 1.82) is 0 Å². The molecule has 210 valence electrons. The Hall–Kier alpha value is -4.54. The zero-order chi connectivity index (χ0) is 28.3. The molecule has 0 radical (unpaired) electrons. The van der Waals surface area contributed by atoms with Crippen LogP contribution in [0, 0.1) is 13.8 Å². The number of carbonyl (C=O) groups excluding carboxylic acids is 1. The quantitative estimate of drug-likeness (QED) is 0.335. The number of para-hydroxylation sites is 1. The maximum Gasteiger partial charge on any atom is 0.336 e. The van der Waals surface area contributed by atoms with Crippen LogP contribution in [0.15, 0.2) is 67.0 Å². The van der Waals surface area contributed by atoms with Gasteiger partial charge < -0.3 is 15.4 Å². The van der Waals surface area contributed by atoms with Crippen molar-refractivity contribution in [3.63, 3.8) is 0 Å². The Bertz CT molecular complexity index is 1520. The van der Waals surface area contributed by atoms with Gasteiger partial charge in [-0.05, 0) is 54.8 Å². The molecule has 4 aromatic rings. The van der Waals surface area contributed by atoms with E-state index in [1.807, 2.05) is 44.2 Å². The van der Waals surface area contributed by atoms with E-state index < -0.39 is 0 Å². The van der Waals surface area contributed by atoms with E-state index in [2.05, 4.69) is 37.6 Å². The number of ether oxygens (including phenoxy) is 1. The second-order valence-electron chi connectivity index (χ2n) is 10.4. The van der Waals surface area contributed by atoms with E-state index >= 15 is 0 Å². The molecule has 0 aliphatic carbocycles. The number of aromatic nitrogens is 3. The third-order valence-electron chi connectivity index (χ3n) is 7.52. The predicted molar refractivity (Wildman–Crippen MR) is 160 cm³/mol. The minimum absolute atomic E-state index is 0.227. The molecule has 2 aromatic carbocycles. The first-order valence-corrected chi connectivity index (χ1v) is 13.8. The summed E-state index contributed by atoms with van der Waals surface area (Å²) in [4.78, 5) is 33.8. The summed E-state index contributed by atoms with van der Waals surface area (Å²) in [6.07, 6.45) is 3.38. The van der Waals surface area contributed by atoms with Crippen molar-refractivity contribution >= 4 is 35.0 Å². The number of nitrogens with zero attached hydrogens (tertiary/aromatic N) is 6. The lowest BCUT2D eigenvalue weighted by molar-refractivity contribution is 0.233.